The minimum atomic E-state index is 0.512. The van der Waals surface area contributed by atoms with Crippen LogP contribution < -0.4 is 5.32 Å². The lowest BCUT2D eigenvalue weighted by molar-refractivity contribution is 0.380. The molecule has 0 aliphatic heterocycles. The van der Waals surface area contributed by atoms with Crippen molar-refractivity contribution in [3.63, 3.8) is 0 Å². The molecule has 0 aromatic heterocycles. The van der Waals surface area contributed by atoms with E-state index in [0.717, 1.165) is 12.0 Å². The van der Waals surface area contributed by atoms with Crippen molar-refractivity contribution in [3.8, 4) is 0 Å². The van der Waals surface area contributed by atoms with Gasteiger partial charge in [0.1, 0.15) is 0 Å². The Hall–Kier alpha value is -0.0400. The van der Waals surface area contributed by atoms with Crippen LogP contribution >= 0.6 is 0 Å². The number of nitrogens with one attached hydrogen (secondary N) is 1. The molecule has 0 radical (unpaired) electrons. The van der Waals surface area contributed by atoms with E-state index >= 15 is 0 Å². The first kappa shape index (κ1) is 8.55. The summed E-state index contributed by atoms with van der Waals surface area (Å²) in [6.45, 7) is 9.46. The molecule has 0 spiro atoms. The van der Waals surface area contributed by atoms with E-state index < -0.39 is 0 Å². The van der Waals surface area contributed by atoms with Crippen LogP contribution in [0.2, 0.25) is 0 Å². The van der Waals surface area contributed by atoms with E-state index in [2.05, 4.69) is 33.0 Å². The van der Waals surface area contributed by atoms with Crippen LogP contribution in [0.5, 0.6) is 0 Å². The predicted octanol–water partition coefficient (Wildman–Crippen LogP) is 2.56. The molecule has 70 valence electrons. The summed E-state index contributed by atoms with van der Waals surface area (Å²) in [4.78, 5) is 0. The fraction of sp³-hybridized carbons (Fsp3) is 1.00. The summed E-state index contributed by atoms with van der Waals surface area (Å²) < 4.78 is 0. The molecule has 2 unspecified atom stereocenters. The van der Waals surface area contributed by atoms with Crippen molar-refractivity contribution in [2.45, 2.75) is 58.5 Å². The lowest BCUT2D eigenvalue weighted by Crippen LogP contribution is -2.38. The predicted molar refractivity (Wildman–Crippen MR) is 52.1 cm³/mol. The molecule has 0 aromatic carbocycles. The van der Waals surface area contributed by atoms with Gasteiger partial charge in [-0.2, -0.15) is 0 Å². The molecule has 2 fully saturated rings. The molecule has 2 aliphatic rings. The maximum atomic E-state index is 3.75. The largest absolute Gasteiger partial charge is 0.309 e. The van der Waals surface area contributed by atoms with Crippen molar-refractivity contribution in [1.29, 1.82) is 0 Å². The van der Waals surface area contributed by atoms with Gasteiger partial charge < -0.3 is 5.32 Å². The number of hydrogen-bond donors (Lipinski definition) is 1. The Balaban J connectivity index is 1.82. The Kier molecular flexibility index (Phi) is 1.61. The van der Waals surface area contributed by atoms with E-state index in [9.17, 15) is 0 Å². The first-order valence-electron chi connectivity index (χ1n) is 5.21. The quantitative estimate of drug-likeness (QED) is 0.681. The Bertz CT molecular complexity index is 191. The zero-order valence-corrected chi connectivity index (χ0v) is 8.78. The van der Waals surface area contributed by atoms with E-state index in [1.807, 2.05) is 0 Å². The van der Waals surface area contributed by atoms with Gasteiger partial charge in [0, 0.05) is 11.6 Å². The molecule has 1 nitrogen and oxygen atoms in total. The summed E-state index contributed by atoms with van der Waals surface area (Å²) in [5.41, 5.74) is 1.13. The van der Waals surface area contributed by atoms with Gasteiger partial charge in [-0.3, -0.25) is 0 Å². The number of rotatable bonds is 3. The van der Waals surface area contributed by atoms with Gasteiger partial charge in [-0.15, -0.1) is 0 Å². The van der Waals surface area contributed by atoms with Crippen molar-refractivity contribution in [1.82, 2.24) is 5.32 Å². The topological polar surface area (TPSA) is 12.0 Å². The molecule has 0 amide bonds. The van der Waals surface area contributed by atoms with Crippen LogP contribution in [-0.2, 0) is 0 Å². The van der Waals surface area contributed by atoms with Crippen molar-refractivity contribution in [2.75, 3.05) is 0 Å². The molecule has 0 heterocycles. The van der Waals surface area contributed by atoms with Crippen LogP contribution in [0.15, 0.2) is 0 Å². The minimum absolute atomic E-state index is 0.512. The van der Waals surface area contributed by atoms with E-state index in [1.165, 1.54) is 19.3 Å². The number of hydrogen-bond acceptors (Lipinski definition) is 1. The Morgan fingerprint density at radius 2 is 1.75 bits per heavy atom. The first-order valence-corrected chi connectivity index (χ1v) is 5.21. The average molecular weight is 167 g/mol. The lowest BCUT2D eigenvalue weighted by Gasteiger charge is -2.20. The highest BCUT2D eigenvalue weighted by Crippen LogP contribution is 2.54. The molecule has 2 rings (SSSR count). The second-order valence-corrected chi connectivity index (χ2v) is 5.79. The molecular formula is C11H21N. The third kappa shape index (κ3) is 1.52. The summed E-state index contributed by atoms with van der Waals surface area (Å²) >= 11 is 0. The monoisotopic (exact) mass is 167 g/mol. The molecule has 0 saturated heterocycles. The van der Waals surface area contributed by atoms with Crippen molar-refractivity contribution < 1.29 is 0 Å². The summed E-state index contributed by atoms with van der Waals surface area (Å²) in [5, 5.41) is 3.75. The van der Waals surface area contributed by atoms with E-state index in [0.29, 0.717) is 11.0 Å². The summed E-state index contributed by atoms with van der Waals surface area (Å²) in [5.74, 6) is 0.926. The molecule has 2 saturated carbocycles. The second kappa shape index (κ2) is 2.25. The van der Waals surface area contributed by atoms with Gasteiger partial charge in [-0.1, -0.05) is 13.8 Å². The molecule has 0 aromatic rings. The highest BCUT2D eigenvalue weighted by atomic mass is 15.1. The van der Waals surface area contributed by atoms with Crippen molar-refractivity contribution >= 4 is 0 Å². The maximum Gasteiger partial charge on any atom is 0.0157 e. The van der Waals surface area contributed by atoms with Crippen LogP contribution in [0, 0.1) is 11.3 Å². The third-order valence-electron chi connectivity index (χ3n) is 3.77. The zero-order chi connectivity index (χ0) is 8.98. The minimum Gasteiger partial charge on any atom is -0.309 e. The SMILES string of the molecule is CC(NC1(C)CC1)C1CC1(C)C. The molecule has 2 aliphatic carbocycles. The molecule has 1 N–H and O–H groups in total. The molecule has 12 heavy (non-hydrogen) atoms. The van der Waals surface area contributed by atoms with Gasteiger partial charge in [0.2, 0.25) is 0 Å². The standard InChI is InChI=1S/C11H21N/c1-8(9-7-10(9,2)3)12-11(4)5-6-11/h8-9,12H,5-7H2,1-4H3. The van der Waals surface area contributed by atoms with Crippen LogP contribution in [0.25, 0.3) is 0 Å². The van der Waals surface area contributed by atoms with Crippen LogP contribution in [-0.4, -0.2) is 11.6 Å². The molecular weight excluding hydrogens is 146 g/mol. The first-order chi connectivity index (χ1) is 5.43. The average Bonchev–Trinajstić information content (AvgIpc) is 2.74. The third-order valence-corrected chi connectivity index (χ3v) is 3.77. The van der Waals surface area contributed by atoms with Crippen LogP contribution in [0.3, 0.4) is 0 Å². The molecule has 1 heteroatoms. The fourth-order valence-electron chi connectivity index (χ4n) is 2.34. The highest BCUT2D eigenvalue weighted by Gasteiger charge is 2.50. The fourth-order valence-corrected chi connectivity index (χ4v) is 2.34. The van der Waals surface area contributed by atoms with Crippen LogP contribution in [0.1, 0.15) is 47.0 Å². The summed E-state index contributed by atoms with van der Waals surface area (Å²) in [7, 11) is 0. The van der Waals surface area contributed by atoms with Gasteiger partial charge in [0.05, 0.1) is 0 Å². The Morgan fingerprint density at radius 3 is 2.08 bits per heavy atom. The van der Waals surface area contributed by atoms with Crippen molar-refractivity contribution in [3.05, 3.63) is 0 Å². The van der Waals surface area contributed by atoms with Gasteiger partial charge in [0.15, 0.2) is 0 Å². The van der Waals surface area contributed by atoms with Crippen molar-refractivity contribution in [2.24, 2.45) is 11.3 Å². The van der Waals surface area contributed by atoms with E-state index in [-0.39, 0.29) is 0 Å². The van der Waals surface area contributed by atoms with Gasteiger partial charge in [0.25, 0.3) is 0 Å². The lowest BCUT2D eigenvalue weighted by atomic mass is 10.0. The molecule has 2 atom stereocenters. The Labute approximate surface area is 75.9 Å². The van der Waals surface area contributed by atoms with E-state index in [1.54, 1.807) is 0 Å². The smallest absolute Gasteiger partial charge is 0.0157 e. The summed E-state index contributed by atoms with van der Waals surface area (Å²) in [6, 6.07) is 0.729. The zero-order valence-electron chi connectivity index (χ0n) is 8.78. The van der Waals surface area contributed by atoms with Gasteiger partial charge in [-0.25, -0.2) is 0 Å². The maximum absolute atomic E-state index is 3.75. The highest BCUT2D eigenvalue weighted by molar-refractivity contribution is 5.06. The van der Waals surface area contributed by atoms with Gasteiger partial charge in [-0.05, 0) is 44.4 Å². The van der Waals surface area contributed by atoms with Gasteiger partial charge >= 0.3 is 0 Å². The second-order valence-electron chi connectivity index (χ2n) is 5.79. The normalized spacial score (nSPS) is 37.5. The van der Waals surface area contributed by atoms with E-state index in [4.69, 9.17) is 0 Å². The summed E-state index contributed by atoms with van der Waals surface area (Å²) in [6.07, 6.45) is 4.17. The van der Waals surface area contributed by atoms with Crippen LogP contribution in [0.4, 0.5) is 0 Å². The molecule has 0 bridgehead atoms. The Morgan fingerprint density at radius 1 is 1.25 bits per heavy atom.